The normalized spacial score (nSPS) is 24.5. The van der Waals surface area contributed by atoms with Crippen LogP contribution in [-0.2, 0) is 31.8 Å². The molecule has 148 valence electrons. The summed E-state index contributed by atoms with van der Waals surface area (Å²) >= 11 is 0. The van der Waals surface area contributed by atoms with Gasteiger partial charge in [-0.1, -0.05) is 12.1 Å². The van der Waals surface area contributed by atoms with E-state index < -0.39 is 30.2 Å². The Bertz CT molecular complexity index is 705. The average Bonchev–Trinajstić information content (AvgIpc) is 3.07. The smallest absolute Gasteiger partial charge is 0.416 e. The van der Waals surface area contributed by atoms with E-state index in [0.29, 0.717) is 12.2 Å². The molecule has 0 aromatic heterocycles. The Labute approximate surface area is 155 Å². The highest BCUT2D eigenvalue weighted by atomic mass is 19.4. The minimum Gasteiger partial charge on any atom is -0.455 e. The van der Waals surface area contributed by atoms with Crippen molar-refractivity contribution in [1.82, 2.24) is 4.90 Å². The predicted molar refractivity (Wildman–Crippen MR) is 89.5 cm³/mol. The van der Waals surface area contributed by atoms with Crippen molar-refractivity contribution in [3.8, 4) is 0 Å². The molecule has 1 spiro atoms. The van der Waals surface area contributed by atoms with Crippen LogP contribution in [0.4, 0.5) is 13.2 Å². The van der Waals surface area contributed by atoms with Crippen LogP contribution in [0.1, 0.15) is 30.4 Å². The third kappa shape index (κ3) is 4.61. The molecule has 5 nitrogen and oxygen atoms in total. The molecule has 1 aliphatic carbocycles. The zero-order chi connectivity index (χ0) is 19.7. The second kappa shape index (κ2) is 7.50. The number of carbonyl (C=O) groups excluding carboxylic acids is 2. The summed E-state index contributed by atoms with van der Waals surface area (Å²) in [7, 11) is 1.46. The summed E-state index contributed by atoms with van der Waals surface area (Å²) in [6.07, 6.45) is -2.03. The largest absolute Gasteiger partial charge is 0.455 e. The van der Waals surface area contributed by atoms with E-state index in [9.17, 15) is 22.8 Å². The lowest BCUT2D eigenvalue weighted by molar-refractivity contribution is -0.162. The fourth-order valence-electron chi connectivity index (χ4n) is 3.69. The van der Waals surface area contributed by atoms with Gasteiger partial charge in [-0.25, -0.2) is 0 Å². The van der Waals surface area contributed by atoms with Crippen molar-refractivity contribution in [3.63, 3.8) is 0 Å². The molecule has 1 heterocycles. The Balaban J connectivity index is 1.45. The number of hydrogen-bond donors (Lipinski definition) is 0. The number of alkyl halides is 3. The summed E-state index contributed by atoms with van der Waals surface area (Å²) in [6.45, 7) is 0.995. The molecule has 1 aromatic rings. The summed E-state index contributed by atoms with van der Waals surface area (Å²) in [4.78, 5) is 25.4. The van der Waals surface area contributed by atoms with Crippen LogP contribution in [0, 0.1) is 11.3 Å². The Morgan fingerprint density at radius 3 is 2.70 bits per heavy atom. The topological polar surface area (TPSA) is 55.8 Å². The van der Waals surface area contributed by atoms with Crippen molar-refractivity contribution in [2.75, 3.05) is 26.9 Å². The molecule has 3 rings (SSSR count). The third-order valence-corrected chi connectivity index (χ3v) is 5.31. The van der Waals surface area contributed by atoms with Crippen LogP contribution in [0.3, 0.4) is 0 Å². The molecular weight excluding hydrogens is 363 g/mol. The van der Waals surface area contributed by atoms with Gasteiger partial charge in [-0.3, -0.25) is 9.59 Å². The molecule has 0 atom stereocenters. The number of halogens is 3. The number of rotatable bonds is 5. The van der Waals surface area contributed by atoms with Gasteiger partial charge in [0, 0.05) is 20.2 Å². The van der Waals surface area contributed by atoms with Crippen LogP contribution in [0.5, 0.6) is 0 Å². The van der Waals surface area contributed by atoms with E-state index >= 15 is 0 Å². The number of hydrogen-bond acceptors (Lipinski definition) is 4. The molecule has 1 saturated carbocycles. The number of esters is 1. The van der Waals surface area contributed by atoms with E-state index in [0.717, 1.165) is 38.0 Å². The standard InChI is InChI=1S/C19H22F3NO4/c1-23(10-13-3-2-4-15(7-13)19(20,21)22)16(24)11-27-17(25)14-8-18(9-14)5-6-26-12-18/h2-4,7,14H,5-6,8-12H2,1H3. The van der Waals surface area contributed by atoms with Crippen LogP contribution in [0.15, 0.2) is 24.3 Å². The van der Waals surface area contributed by atoms with Gasteiger partial charge in [0.15, 0.2) is 6.61 Å². The van der Waals surface area contributed by atoms with E-state index in [-0.39, 0.29) is 17.9 Å². The van der Waals surface area contributed by atoms with Crippen LogP contribution in [-0.4, -0.2) is 43.6 Å². The highest BCUT2D eigenvalue weighted by molar-refractivity contribution is 5.81. The van der Waals surface area contributed by atoms with Crippen molar-refractivity contribution < 1.29 is 32.2 Å². The summed E-state index contributed by atoms with van der Waals surface area (Å²) in [6, 6.07) is 4.80. The third-order valence-electron chi connectivity index (χ3n) is 5.31. The monoisotopic (exact) mass is 385 g/mol. The molecule has 1 aliphatic heterocycles. The molecule has 0 N–H and O–H groups in total. The van der Waals surface area contributed by atoms with E-state index in [1.165, 1.54) is 24.1 Å². The zero-order valence-electron chi connectivity index (χ0n) is 15.1. The molecule has 2 aliphatic rings. The molecule has 0 radical (unpaired) electrons. The molecule has 0 unspecified atom stereocenters. The molecule has 0 bridgehead atoms. The van der Waals surface area contributed by atoms with Gasteiger partial charge in [-0.15, -0.1) is 0 Å². The highest BCUT2D eigenvalue weighted by Gasteiger charge is 2.50. The summed E-state index contributed by atoms with van der Waals surface area (Å²) < 4.78 is 48.7. The number of nitrogens with zero attached hydrogens (tertiary/aromatic N) is 1. The minimum atomic E-state index is -4.43. The van der Waals surface area contributed by atoms with Gasteiger partial charge in [-0.05, 0) is 42.4 Å². The molecular formula is C19H22F3NO4. The first-order chi connectivity index (χ1) is 12.7. The van der Waals surface area contributed by atoms with Crippen molar-refractivity contribution in [1.29, 1.82) is 0 Å². The van der Waals surface area contributed by atoms with Gasteiger partial charge >= 0.3 is 12.1 Å². The molecule has 8 heteroatoms. The second-order valence-electron chi connectivity index (χ2n) is 7.46. The van der Waals surface area contributed by atoms with Gasteiger partial charge in [0.05, 0.1) is 18.1 Å². The van der Waals surface area contributed by atoms with Gasteiger partial charge in [0.25, 0.3) is 5.91 Å². The second-order valence-corrected chi connectivity index (χ2v) is 7.46. The van der Waals surface area contributed by atoms with Crippen LogP contribution in [0.2, 0.25) is 0 Å². The maximum atomic E-state index is 12.8. The lowest BCUT2D eigenvalue weighted by atomic mass is 9.61. The Kier molecular flexibility index (Phi) is 5.46. The molecule has 2 fully saturated rings. The zero-order valence-corrected chi connectivity index (χ0v) is 15.1. The predicted octanol–water partition coefficient (Wildman–Crippen LogP) is 3.02. The van der Waals surface area contributed by atoms with Gasteiger partial charge in [0.1, 0.15) is 0 Å². The van der Waals surface area contributed by atoms with E-state index in [2.05, 4.69) is 0 Å². The van der Waals surface area contributed by atoms with E-state index in [1.54, 1.807) is 0 Å². The molecule has 1 aromatic carbocycles. The fourth-order valence-corrected chi connectivity index (χ4v) is 3.69. The van der Waals surface area contributed by atoms with E-state index in [1.807, 2.05) is 0 Å². The lowest BCUT2D eigenvalue weighted by Gasteiger charge is -2.42. The number of likely N-dealkylation sites (N-methyl/N-ethyl adjacent to an activating group) is 1. The number of benzene rings is 1. The van der Waals surface area contributed by atoms with Gasteiger partial charge < -0.3 is 14.4 Å². The van der Waals surface area contributed by atoms with Crippen molar-refractivity contribution in [2.24, 2.45) is 11.3 Å². The highest BCUT2D eigenvalue weighted by Crippen LogP contribution is 2.51. The number of carbonyl (C=O) groups is 2. The molecule has 1 amide bonds. The van der Waals surface area contributed by atoms with Crippen LogP contribution < -0.4 is 0 Å². The van der Waals surface area contributed by atoms with E-state index in [4.69, 9.17) is 9.47 Å². The average molecular weight is 385 g/mol. The van der Waals surface area contributed by atoms with Crippen molar-refractivity contribution in [3.05, 3.63) is 35.4 Å². The maximum absolute atomic E-state index is 12.8. The van der Waals surface area contributed by atoms with Crippen LogP contribution in [0.25, 0.3) is 0 Å². The quantitative estimate of drug-likeness (QED) is 0.732. The summed E-state index contributed by atoms with van der Waals surface area (Å²) in [5, 5.41) is 0. The summed E-state index contributed by atoms with van der Waals surface area (Å²) in [5.41, 5.74) is -0.301. The lowest BCUT2D eigenvalue weighted by Crippen LogP contribution is -2.43. The Morgan fingerprint density at radius 1 is 1.33 bits per heavy atom. The first-order valence-corrected chi connectivity index (χ1v) is 8.83. The van der Waals surface area contributed by atoms with Crippen molar-refractivity contribution >= 4 is 11.9 Å². The van der Waals surface area contributed by atoms with Gasteiger partial charge in [-0.2, -0.15) is 13.2 Å². The summed E-state index contributed by atoms with van der Waals surface area (Å²) in [5.74, 6) is -1.05. The fraction of sp³-hybridized carbons (Fsp3) is 0.579. The number of ether oxygens (including phenoxy) is 2. The number of amides is 1. The first kappa shape index (κ1) is 19.7. The molecule has 1 saturated heterocycles. The van der Waals surface area contributed by atoms with Gasteiger partial charge in [0.2, 0.25) is 0 Å². The minimum absolute atomic E-state index is 0.00415. The Morgan fingerprint density at radius 2 is 2.07 bits per heavy atom. The first-order valence-electron chi connectivity index (χ1n) is 8.83. The Hall–Kier alpha value is -2.09. The van der Waals surface area contributed by atoms with Crippen LogP contribution >= 0.6 is 0 Å². The SMILES string of the molecule is CN(Cc1cccc(C(F)(F)F)c1)C(=O)COC(=O)C1CC2(CCOC2)C1. The molecule has 27 heavy (non-hydrogen) atoms. The maximum Gasteiger partial charge on any atom is 0.416 e. The van der Waals surface area contributed by atoms with Crippen molar-refractivity contribution in [2.45, 2.75) is 32.0 Å².